The molecule has 2 heteroatoms. The number of benzene rings is 1. The predicted molar refractivity (Wildman–Crippen MR) is 64.7 cm³/mol. The van der Waals surface area contributed by atoms with Crippen LogP contribution in [0.2, 0.25) is 0 Å². The van der Waals surface area contributed by atoms with E-state index in [1.165, 1.54) is 25.7 Å². The zero-order valence-electron chi connectivity index (χ0n) is 9.36. The molecule has 0 amide bonds. The van der Waals surface area contributed by atoms with Gasteiger partial charge >= 0.3 is 0 Å². The molecule has 0 saturated heterocycles. The van der Waals surface area contributed by atoms with Crippen molar-refractivity contribution in [2.24, 2.45) is 11.8 Å². The van der Waals surface area contributed by atoms with Crippen LogP contribution in [0, 0.1) is 11.8 Å². The number of anilines is 1. The second-order valence-electron chi connectivity index (χ2n) is 5.13. The van der Waals surface area contributed by atoms with Gasteiger partial charge in [-0.25, -0.2) is 0 Å². The Bertz CT molecular complexity index is 401. The monoisotopic (exact) mass is 215 g/mol. The average Bonchev–Trinajstić information content (AvgIpc) is 2.92. The molecule has 1 aromatic carbocycles. The number of nitrogens with one attached hydrogen (secondary N) is 1. The van der Waals surface area contributed by atoms with Crippen LogP contribution in [0.4, 0.5) is 5.69 Å². The molecule has 2 aliphatic rings. The number of hydrogen-bond acceptors (Lipinski definition) is 2. The molecule has 3 unspecified atom stereocenters. The highest BCUT2D eigenvalue weighted by Crippen LogP contribution is 2.45. The minimum Gasteiger partial charge on any atom is -0.381 e. The van der Waals surface area contributed by atoms with Crippen molar-refractivity contribution in [3.8, 4) is 0 Å². The molecule has 0 heterocycles. The second kappa shape index (κ2) is 3.93. The zero-order valence-corrected chi connectivity index (χ0v) is 9.36. The Balaban J connectivity index is 1.76. The predicted octanol–water partition coefficient (Wildman–Crippen LogP) is 3.10. The normalized spacial score (nSPS) is 31.6. The Hall–Kier alpha value is -1.31. The van der Waals surface area contributed by atoms with Gasteiger partial charge in [-0.05, 0) is 43.2 Å². The van der Waals surface area contributed by atoms with E-state index in [1.807, 2.05) is 24.3 Å². The van der Waals surface area contributed by atoms with Crippen molar-refractivity contribution in [3.63, 3.8) is 0 Å². The number of hydrogen-bond donors (Lipinski definition) is 1. The maximum absolute atomic E-state index is 10.9. The van der Waals surface area contributed by atoms with Gasteiger partial charge in [0.2, 0.25) is 0 Å². The third kappa shape index (κ3) is 1.62. The summed E-state index contributed by atoms with van der Waals surface area (Å²) in [5.74, 6) is 1.77. The summed E-state index contributed by atoms with van der Waals surface area (Å²) in [5.41, 5.74) is 1.79. The van der Waals surface area contributed by atoms with E-state index in [0.29, 0.717) is 6.04 Å². The summed E-state index contributed by atoms with van der Waals surface area (Å²) in [7, 11) is 0. The standard InChI is InChI=1S/C14H17NO/c16-9-12-3-1-2-4-13(12)15-14-8-10-5-6-11(14)7-10/h1-4,9-11,14-15H,5-8H2. The Morgan fingerprint density at radius 2 is 2.06 bits per heavy atom. The zero-order chi connectivity index (χ0) is 11.0. The summed E-state index contributed by atoms with van der Waals surface area (Å²) in [6.45, 7) is 0. The van der Waals surface area contributed by atoms with Crippen molar-refractivity contribution >= 4 is 12.0 Å². The topological polar surface area (TPSA) is 29.1 Å². The van der Waals surface area contributed by atoms with Crippen LogP contribution in [0.25, 0.3) is 0 Å². The highest BCUT2D eigenvalue weighted by molar-refractivity contribution is 5.84. The Morgan fingerprint density at radius 1 is 1.19 bits per heavy atom. The van der Waals surface area contributed by atoms with E-state index in [4.69, 9.17) is 0 Å². The maximum Gasteiger partial charge on any atom is 0.152 e. The van der Waals surface area contributed by atoms with Crippen molar-refractivity contribution < 1.29 is 4.79 Å². The van der Waals surface area contributed by atoms with Crippen LogP contribution in [0.5, 0.6) is 0 Å². The molecule has 84 valence electrons. The summed E-state index contributed by atoms with van der Waals surface area (Å²) >= 11 is 0. The first kappa shape index (κ1) is 9.88. The quantitative estimate of drug-likeness (QED) is 0.785. The number of rotatable bonds is 3. The third-order valence-corrected chi connectivity index (χ3v) is 4.17. The molecule has 2 bridgehead atoms. The molecule has 2 aliphatic carbocycles. The van der Waals surface area contributed by atoms with Gasteiger partial charge in [-0.2, -0.15) is 0 Å². The molecule has 16 heavy (non-hydrogen) atoms. The molecule has 2 fully saturated rings. The number of aldehydes is 1. The van der Waals surface area contributed by atoms with Gasteiger partial charge in [0.05, 0.1) is 0 Å². The third-order valence-electron chi connectivity index (χ3n) is 4.17. The van der Waals surface area contributed by atoms with E-state index in [9.17, 15) is 4.79 Å². The van der Waals surface area contributed by atoms with Gasteiger partial charge in [0, 0.05) is 17.3 Å². The van der Waals surface area contributed by atoms with E-state index < -0.39 is 0 Å². The molecule has 0 radical (unpaired) electrons. The Labute approximate surface area is 96.1 Å². The second-order valence-corrected chi connectivity index (χ2v) is 5.13. The molecule has 2 saturated carbocycles. The molecule has 3 atom stereocenters. The van der Waals surface area contributed by atoms with Gasteiger partial charge in [-0.15, -0.1) is 0 Å². The van der Waals surface area contributed by atoms with E-state index in [-0.39, 0.29) is 0 Å². The molecule has 2 nitrogen and oxygen atoms in total. The molecule has 1 aromatic rings. The molecular formula is C14H17NO. The molecule has 0 aliphatic heterocycles. The molecular weight excluding hydrogens is 198 g/mol. The van der Waals surface area contributed by atoms with Gasteiger partial charge in [0.1, 0.15) is 0 Å². The molecule has 3 rings (SSSR count). The fourth-order valence-electron chi connectivity index (χ4n) is 3.35. The Kier molecular flexibility index (Phi) is 2.43. The van der Waals surface area contributed by atoms with Gasteiger partial charge in [0.25, 0.3) is 0 Å². The van der Waals surface area contributed by atoms with Gasteiger partial charge in [-0.1, -0.05) is 18.6 Å². The molecule has 0 spiro atoms. The average molecular weight is 215 g/mol. The van der Waals surface area contributed by atoms with E-state index in [0.717, 1.165) is 29.4 Å². The van der Waals surface area contributed by atoms with Crippen LogP contribution in [0.3, 0.4) is 0 Å². The maximum atomic E-state index is 10.9. The first-order valence-corrected chi connectivity index (χ1v) is 6.17. The first-order valence-electron chi connectivity index (χ1n) is 6.17. The van der Waals surface area contributed by atoms with Crippen molar-refractivity contribution in [2.75, 3.05) is 5.32 Å². The number of para-hydroxylation sites is 1. The minimum absolute atomic E-state index is 0.597. The summed E-state index contributed by atoms with van der Waals surface area (Å²) in [6.07, 6.45) is 6.40. The number of fused-ring (bicyclic) bond motifs is 2. The minimum atomic E-state index is 0.597. The summed E-state index contributed by atoms with van der Waals surface area (Å²) < 4.78 is 0. The number of carbonyl (C=O) groups is 1. The van der Waals surface area contributed by atoms with Crippen LogP contribution in [0.15, 0.2) is 24.3 Å². The highest BCUT2D eigenvalue weighted by atomic mass is 16.1. The fourth-order valence-corrected chi connectivity index (χ4v) is 3.35. The van der Waals surface area contributed by atoms with Crippen LogP contribution in [-0.4, -0.2) is 12.3 Å². The fraction of sp³-hybridized carbons (Fsp3) is 0.500. The highest BCUT2D eigenvalue weighted by Gasteiger charge is 2.39. The van der Waals surface area contributed by atoms with Crippen LogP contribution in [-0.2, 0) is 0 Å². The summed E-state index contributed by atoms with van der Waals surface area (Å²) in [4.78, 5) is 10.9. The van der Waals surface area contributed by atoms with Crippen molar-refractivity contribution in [2.45, 2.75) is 31.7 Å². The van der Waals surface area contributed by atoms with E-state index >= 15 is 0 Å². The molecule has 1 N–H and O–H groups in total. The van der Waals surface area contributed by atoms with E-state index in [1.54, 1.807) is 0 Å². The largest absolute Gasteiger partial charge is 0.381 e. The van der Waals surface area contributed by atoms with Crippen LogP contribution in [0.1, 0.15) is 36.0 Å². The lowest BCUT2D eigenvalue weighted by atomic mass is 9.95. The lowest BCUT2D eigenvalue weighted by Gasteiger charge is -2.24. The lowest BCUT2D eigenvalue weighted by Crippen LogP contribution is -2.26. The van der Waals surface area contributed by atoms with Gasteiger partial charge < -0.3 is 5.32 Å². The Morgan fingerprint density at radius 3 is 2.75 bits per heavy atom. The number of carbonyl (C=O) groups excluding carboxylic acids is 1. The van der Waals surface area contributed by atoms with Crippen molar-refractivity contribution in [1.82, 2.24) is 0 Å². The first-order chi connectivity index (χ1) is 7.86. The van der Waals surface area contributed by atoms with Crippen molar-refractivity contribution in [1.29, 1.82) is 0 Å². The summed E-state index contributed by atoms with van der Waals surface area (Å²) in [5, 5.41) is 3.56. The van der Waals surface area contributed by atoms with Crippen LogP contribution >= 0.6 is 0 Å². The summed E-state index contributed by atoms with van der Waals surface area (Å²) in [6, 6.07) is 8.39. The van der Waals surface area contributed by atoms with Crippen LogP contribution < -0.4 is 5.32 Å². The van der Waals surface area contributed by atoms with Gasteiger partial charge in [-0.3, -0.25) is 4.79 Å². The van der Waals surface area contributed by atoms with Gasteiger partial charge in [0.15, 0.2) is 6.29 Å². The smallest absolute Gasteiger partial charge is 0.152 e. The molecule has 0 aromatic heterocycles. The van der Waals surface area contributed by atoms with Crippen molar-refractivity contribution in [3.05, 3.63) is 29.8 Å². The van der Waals surface area contributed by atoms with E-state index in [2.05, 4.69) is 5.32 Å². The lowest BCUT2D eigenvalue weighted by molar-refractivity contribution is 0.112. The SMILES string of the molecule is O=Cc1ccccc1NC1CC2CCC1C2.